The van der Waals surface area contributed by atoms with Crippen LogP contribution in [0, 0.1) is 5.92 Å². The second kappa shape index (κ2) is 12.0. The minimum atomic E-state index is -3.70. The average Bonchev–Trinajstić information content (AvgIpc) is 2.69. The minimum Gasteiger partial charge on any atom is -0.352 e. The van der Waals surface area contributed by atoms with Crippen molar-refractivity contribution < 1.29 is 13.2 Å². The molecule has 160 valence electrons. The number of carbonyl (C=O) groups is 1. The van der Waals surface area contributed by atoms with Gasteiger partial charge in [0.2, 0.25) is 0 Å². The van der Waals surface area contributed by atoms with E-state index >= 15 is 0 Å². The summed E-state index contributed by atoms with van der Waals surface area (Å²) in [4.78, 5) is 16.2. The predicted molar refractivity (Wildman–Crippen MR) is 119 cm³/mol. The van der Waals surface area contributed by atoms with Crippen molar-refractivity contribution in [1.29, 1.82) is 0 Å². The number of amides is 1. The molecule has 1 aliphatic rings. The monoisotopic (exact) mass is 460 g/mol. The minimum absolute atomic E-state index is 0. The first-order valence-electron chi connectivity index (χ1n) is 9.06. The van der Waals surface area contributed by atoms with Crippen molar-refractivity contribution in [1.82, 2.24) is 15.6 Å². The van der Waals surface area contributed by atoms with Crippen molar-refractivity contribution in [3.63, 3.8) is 0 Å². The Labute approximate surface area is 183 Å². The average molecular weight is 461 g/mol. The maximum atomic E-state index is 12.4. The summed E-state index contributed by atoms with van der Waals surface area (Å²) >= 11 is 0. The van der Waals surface area contributed by atoms with Crippen LogP contribution in [0.4, 0.5) is 5.69 Å². The Kier molecular flexibility index (Phi) is 10.4. The van der Waals surface area contributed by atoms with Gasteiger partial charge in [-0.3, -0.25) is 14.5 Å². The van der Waals surface area contributed by atoms with Crippen LogP contribution in [0.5, 0.6) is 0 Å². The van der Waals surface area contributed by atoms with Crippen LogP contribution in [0.2, 0.25) is 0 Å². The first-order valence-corrected chi connectivity index (χ1v) is 10.5. The van der Waals surface area contributed by atoms with E-state index in [2.05, 4.69) is 20.3 Å². The number of piperidine rings is 1. The van der Waals surface area contributed by atoms with Gasteiger partial charge < -0.3 is 10.6 Å². The summed E-state index contributed by atoms with van der Waals surface area (Å²) in [5.74, 6) is 0.413. The van der Waals surface area contributed by atoms with E-state index in [9.17, 15) is 13.2 Å². The number of sulfonamides is 1. The van der Waals surface area contributed by atoms with Gasteiger partial charge in [0.05, 0.1) is 10.6 Å². The first kappa shape index (κ1) is 25.2. The third kappa shape index (κ3) is 7.47. The highest BCUT2D eigenvalue weighted by atomic mass is 35.5. The molecule has 2 aromatic rings. The van der Waals surface area contributed by atoms with Gasteiger partial charge in [0.15, 0.2) is 0 Å². The van der Waals surface area contributed by atoms with E-state index < -0.39 is 10.0 Å². The number of hydrogen-bond donors (Lipinski definition) is 3. The molecule has 1 atom stereocenters. The number of benzene rings is 1. The van der Waals surface area contributed by atoms with Gasteiger partial charge in [-0.2, -0.15) is 0 Å². The fourth-order valence-corrected chi connectivity index (χ4v) is 4.14. The molecule has 2 heterocycles. The molecule has 7 nitrogen and oxygen atoms in total. The molecular formula is C19H26Cl2N4O3S. The lowest BCUT2D eigenvalue weighted by atomic mass is 9.96. The Morgan fingerprint density at radius 1 is 1.10 bits per heavy atom. The Balaban J connectivity index is 0.00000210. The molecule has 1 unspecified atom stereocenters. The number of carbonyl (C=O) groups excluding carboxylic acids is 1. The van der Waals surface area contributed by atoms with Crippen molar-refractivity contribution in [2.24, 2.45) is 5.92 Å². The van der Waals surface area contributed by atoms with Gasteiger partial charge in [0.25, 0.3) is 15.9 Å². The number of anilines is 1. The van der Waals surface area contributed by atoms with E-state index in [-0.39, 0.29) is 35.6 Å². The Morgan fingerprint density at radius 3 is 2.41 bits per heavy atom. The van der Waals surface area contributed by atoms with Gasteiger partial charge in [-0.25, -0.2) is 8.42 Å². The van der Waals surface area contributed by atoms with Gasteiger partial charge in [0.1, 0.15) is 0 Å². The predicted octanol–water partition coefficient (Wildman–Crippen LogP) is 2.85. The molecule has 3 rings (SSSR count). The Hall–Kier alpha value is -1.87. The summed E-state index contributed by atoms with van der Waals surface area (Å²) in [7, 11) is -3.70. The molecule has 1 saturated heterocycles. The lowest BCUT2D eigenvalue weighted by Gasteiger charge is -2.22. The molecule has 1 aromatic carbocycles. The lowest BCUT2D eigenvalue weighted by molar-refractivity contribution is 0.0950. The van der Waals surface area contributed by atoms with Gasteiger partial charge in [-0.05, 0) is 74.7 Å². The smallest absolute Gasteiger partial charge is 0.261 e. The van der Waals surface area contributed by atoms with Crippen LogP contribution in [0.15, 0.2) is 53.7 Å². The quantitative estimate of drug-likeness (QED) is 0.589. The fourth-order valence-electron chi connectivity index (χ4n) is 3.08. The summed E-state index contributed by atoms with van der Waals surface area (Å²) < 4.78 is 27.3. The van der Waals surface area contributed by atoms with Crippen molar-refractivity contribution in [2.45, 2.75) is 24.2 Å². The van der Waals surface area contributed by atoms with E-state index in [1.165, 1.54) is 49.5 Å². The SMILES string of the molecule is Cl.Cl.O=C(NCCC1CCCNC1)c1ccc(S(=O)(=O)Nc2ccncc2)cc1. The zero-order valence-corrected chi connectivity index (χ0v) is 18.3. The molecule has 1 aliphatic heterocycles. The molecule has 10 heteroatoms. The van der Waals surface area contributed by atoms with Crippen LogP contribution in [0.1, 0.15) is 29.6 Å². The van der Waals surface area contributed by atoms with Crippen molar-refractivity contribution in [2.75, 3.05) is 24.4 Å². The van der Waals surface area contributed by atoms with E-state index in [0.717, 1.165) is 19.5 Å². The van der Waals surface area contributed by atoms with Crippen LogP contribution >= 0.6 is 24.8 Å². The third-order valence-corrected chi connectivity index (χ3v) is 5.99. The standard InChI is InChI=1S/C19H24N4O3S.2ClH/c24-19(22-13-7-15-2-1-10-21-14-15)16-3-5-18(6-4-16)27(25,26)23-17-8-11-20-12-9-17;;/h3-6,8-9,11-12,15,21H,1-2,7,10,13-14H2,(H,20,23)(H,22,24);2*1H. The topological polar surface area (TPSA) is 100 Å². The molecule has 1 aromatic heterocycles. The van der Waals surface area contributed by atoms with Gasteiger partial charge >= 0.3 is 0 Å². The van der Waals surface area contributed by atoms with Crippen LogP contribution < -0.4 is 15.4 Å². The Morgan fingerprint density at radius 2 is 1.79 bits per heavy atom. The molecule has 0 spiro atoms. The molecule has 29 heavy (non-hydrogen) atoms. The number of pyridine rings is 1. The molecule has 0 saturated carbocycles. The van der Waals surface area contributed by atoms with E-state index in [0.29, 0.717) is 23.7 Å². The largest absolute Gasteiger partial charge is 0.352 e. The summed E-state index contributed by atoms with van der Waals surface area (Å²) in [6.07, 6.45) is 6.34. The third-order valence-electron chi connectivity index (χ3n) is 4.60. The number of halogens is 2. The number of aromatic nitrogens is 1. The lowest BCUT2D eigenvalue weighted by Crippen LogP contribution is -2.33. The first-order chi connectivity index (χ1) is 13.0. The van der Waals surface area contributed by atoms with Crippen LogP contribution in [0.3, 0.4) is 0 Å². The van der Waals surface area contributed by atoms with E-state index in [4.69, 9.17) is 0 Å². The zero-order chi connectivity index (χ0) is 19.1. The highest BCUT2D eigenvalue weighted by Gasteiger charge is 2.16. The summed E-state index contributed by atoms with van der Waals surface area (Å²) in [5.41, 5.74) is 0.878. The highest BCUT2D eigenvalue weighted by molar-refractivity contribution is 7.92. The summed E-state index contributed by atoms with van der Waals surface area (Å²) in [5, 5.41) is 6.27. The number of rotatable bonds is 7. The van der Waals surface area contributed by atoms with Gasteiger partial charge in [-0.1, -0.05) is 0 Å². The van der Waals surface area contributed by atoms with Crippen LogP contribution in [0.25, 0.3) is 0 Å². The molecule has 0 aliphatic carbocycles. The molecule has 3 N–H and O–H groups in total. The fraction of sp³-hybridized carbons (Fsp3) is 0.368. The maximum absolute atomic E-state index is 12.4. The highest BCUT2D eigenvalue weighted by Crippen LogP contribution is 2.16. The molecule has 0 radical (unpaired) electrons. The summed E-state index contributed by atoms with van der Waals surface area (Å²) in [6.45, 7) is 2.70. The normalized spacial score (nSPS) is 16.1. The molecule has 1 fully saturated rings. The van der Waals surface area contributed by atoms with Crippen molar-refractivity contribution in [3.8, 4) is 0 Å². The second-order valence-corrected chi connectivity index (χ2v) is 8.31. The van der Waals surface area contributed by atoms with Crippen LogP contribution in [-0.2, 0) is 10.0 Å². The molecular weight excluding hydrogens is 435 g/mol. The van der Waals surface area contributed by atoms with Crippen molar-refractivity contribution in [3.05, 3.63) is 54.4 Å². The Bertz CT molecular complexity index is 859. The molecule has 1 amide bonds. The van der Waals surface area contributed by atoms with Gasteiger partial charge in [-0.15, -0.1) is 24.8 Å². The number of hydrogen-bond acceptors (Lipinski definition) is 5. The second-order valence-electron chi connectivity index (χ2n) is 6.62. The van der Waals surface area contributed by atoms with Crippen molar-refractivity contribution >= 4 is 46.4 Å². The number of nitrogens with zero attached hydrogens (tertiary/aromatic N) is 1. The number of nitrogens with one attached hydrogen (secondary N) is 3. The molecule has 0 bridgehead atoms. The van der Waals surface area contributed by atoms with E-state index in [1.807, 2.05) is 0 Å². The van der Waals surface area contributed by atoms with E-state index in [1.54, 1.807) is 12.1 Å². The zero-order valence-electron chi connectivity index (χ0n) is 15.8. The summed E-state index contributed by atoms with van der Waals surface area (Å²) in [6, 6.07) is 9.06. The van der Waals surface area contributed by atoms with Crippen LogP contribution in [-0.4, -0.2) is 38.9 Å². The van der Waals surface area contributed by atoms with Gasteiger partial charge in [0, 0.05) is 24.5 Å². The maximum Gasteiger partial charge on any atom is 0.261 e.